The molecule has 2 unspecified atom stereocenters. The number of rotatable bonds is 7. The van der Waals surface area contributed by atoms with Crippen molar-refractivity contribution >= 4 is 63.9 Å². The van der Waals surface area contributed by atoms with E-state index in [9.17, 15) is 20.0 Å². The highest BCUT2D eigenvalue weighted by molar-refractivity contribution is 6.30. The fourth-order valence-corrected chi connectivity index (χ4v) is 9.13. The minimum absolute atomic E-state index is 0. The summed E-state index contributed by atoms with van der Waals surface area (Å²) < 4.78 is 18.2. The average molecular weight is 803 g/mol. The van der Waals surface area contributed by atoms with E-state index in [0.29, 0.717) is 36.3 Å². The van der Waals surface area contributed by atoms with Crippen LogP contribution in [0.15, 0.2) is 102 Å². The van der Waals surface area contributed by atoms with Crippen LogP contribution in [0.2, 0.25) is 5.02 Å². The molecule has 0 fully saturated rings. The SMILES string of the molecule is C.CC1(C)c2ccccc2N(CCCOC=O)C12C=Cc1cc([N+](=O)[O-])cc(CO)c1O2.CN1c2ccc(Cl)cc2C(C)(C)C12C=Nc1c(ccc3ccccc13)O2. The zero-order valence-electron chi connectivity index (χ0n) is 32.4. The van der Waals surface area contributed by atoms with E-state index in [1.807, 2.05) is 66.9 Å². The highest BCUT2D eigenvalue weighted by atomic mass is 35.5. The summed E-state index contributed by atoms with van der Waals surface area (Å²) in [7, 11) is 2.06. The first-order chi connectivity index (χ1) is 27.3. The normalized spacial score (nSPS) is 20.8. The maximum Gasteiger partial charge on any atom is 0.293 e. The van der Waals surface area contributed by atoms with Crippen LogP contribution in [0.4, 0.5) is 22.7 Å². The molecule has 0 bridgehead atoms. The fourth-order valence-electron chi connectivity index (χ4n) is 8.96. The third-order valence-corrected chi connectivity index (χ3v) is 12.3. The van der Waals surface area contributed by atoms with Gasteiger partial charge in [-0.1, -0.05) is 67.6 Å². The molecular formula is C46H47ClN4O7. The van der Waals surface area contributed by atoms with Gasteiger partial charge >= 0.3 is 0 Å². The van der Waals surface area contributed by atoms with Crippen molar-refractivity contribution in [3.63, 3.8) is 0 Å². The van der Waals surface area contributed by atoms with E-state index >= 15 is 0 Å². The molecule has 0 radical (unpaired) electrons. The van der Waals surface area contributed by atoms with Crippen molar-refractivity contribution in [3.05, 3.63) is 134 Å². The second-order valence-corrected chi connectivity index (χ2v) is 16.2. The molecule has 4 heterocycles. The Kier molecular flexibility index (Phi) is 10.3. The van der Waals surface area contributed by atoms with Gasteiger partial charge in [0.2, 0.25) is 11.4 Å². The van der Waals surface area contributed by atoms with Gasteiger partial charge in [-0.3, -0.25) is 19.9 Å². The van der Waals surface area contributed by atoms with Crippen molar-refractivity contribution in [2.75, 3.05) is 30.0 Å². The lowest BCUT2D eigenvalue weighted by atomic mass is 9.76. The maximum atomic E-state index is 11.3. The first kappa shape index (κ1) is 40.3. The first-order valence-electron chi connectivity index (χ1n) is 18.8. The van der Waals surface area contributed by atoms with Crippen LogP contribution in [0.5, 0.6) is 11.5 Å². The number of carbonyl (C=O) groups is 1. The Labute approximate surface area is 343 Å². The van der Waals surface area contributed by atoms with Gasteiger partial charge < -0.3 is 29.1 Å². The number of non-ortho nitro benzene ring substituents is 1. The van der Waals surface area contributed by atoms with E-state index in [0.717, 1.165) is 44.2 Å². The number of nitro benzene ring substituents is 1. The molecule has 12 heteroatoms. The molecule has 9 rings (SSSR count). The molecule has 0 saturated heterocycles. The molecule has 58 heavy (non-hydrogen) atoms. The molecule has 0 aliphatic carbocycles. The highest BCUT2D eigenvalue weighted by Crippen LogP contribution is 2.57. The number of hydrogen-bond donors (Lipinski definition) is 1. The fraction of sp³-hybridized carbons (Fsp3) is 0.304. The van der Waals surface area contributed by atoms with Gasteiger partial charge in [0.1, 0.15) is 17.2 Å². The van der Waals surface area contributed by atoms with Crippen LogP contribution in [0, 0.1) is 10.1 Å². The van der Waals surface area contributed by atoms with E-state index in [4.69, 9.17) is 30.8 Å². The molecule has 11 nitrogen and oxygen atoms in total. The molecule has 0 saturated carbocycles. The number of hydrogen-bond acceptors (Lipinski definition) is 10. The number of nitro groups is 1. The molecule has 0 amide bonds. The van der Waals surface area contributed by atoms with Crippen LogP contribution in [-0.2, 0) is 27.0 Å². The largest absolute Gasteiger partial charge is 0.468 e. The van der Waals surface area contributed by atoms with E-state index in [-0.39, 0.29) is 31.7 Å². The number of para-hydroxylation sites is 1. The average Bonchev–Trinajstić information content (AvgIpc) is 3.48. The van der Waals surface area contributed by atoms with Crippen molar-refractivity contribution in [2.45, 2.75) is 70.4 Å². The summed E-state index contributed by atoms with van der Waals surface area (Å²) in [6.07, 6.45) is 6.31. The summed E-state index contributed by atoms with van der Waals surface area (Å²) in [6.45, 7) is 9.45. The Bertz CT molecular complexity index is 2500. The Hall–Kier alpha value is -5.91. The van der Waals surface area contributed by atoms with Gasteiger partial charge in [-0.05, 0) is 93.1 Å². The Morgan fingerprint density at radius 1 is 0.914 bits per heavy atom. The second kappa shape index (κ2) is 14.8. The topological polar surface area (TPSA) is 127 Å². The van der Waals surface area contributed by atoms with Gasteiger partial charge in [0.25, 0.3) is 12.2 Å². The smallest absolute Gasteiger partial charge is 0.293 e. The van der Waals surface area contributed by atoms with Gasteiger partial charge in [0.05, 0.1) is 35.2 Å². The third kappa shape index (κ3) is 5.98. The Morgan fingerprint density at radius 3 is 2.41 bits per heavy atom. The molecule has 1 N–H and O–H groups in total. The molecule has 0 aromatic heterocycles. The lowest BCUT2D eigenvalue weighted by Crippen LogP contribution is -2.61. The van der Waals surface area contributed by atoms with Crippen molar-refractivity contribution in [1.82, 2.24) is 0 Å². The van der Waals surface area contributed by atoms with E-state index < -0.39 is 21.8 Å². The predicted octanol–water partition coefficient (Wildman–Crippen LogP) is 9.90. The number of aliphatic hydroxyl groups excluding tert-OH is 1. The summed E-state index contributed by atoms with van der Waals surface area (Å²) in [5.74, 6) is 1.25. The summed E-state index contributed by atoms with van der Waals surface area (Å²) in [6, 6.07) is 29.2. The Morgan fingerprint density at radius 2 is 1.66 bits per heavy atom. The molecule has 5 aromatic rings. The first-order valence-corrected chi connectivity index (χ1v) is 19.2. The number of carbonyl (C=O) groups excluding carboxylic acids is 1. The minimum atomic E-state index is -0.912. The number of aliphatic hydroxyl groups is 1. The maximum absolute atomic E-state index is 11.3. The van der Waals surface area contributed by atoms with Gasteiger partial charge in [0.15, 0.2) is 0 Å². The molecule has 300 valence electrons. The van der Waals surface area contributed by atoms with Gasteiger partial charge in [-0.25, -0.2) is 0 Å². The number of anilines is 2. The quantitative estimate of drug-likeness (QED) is 0.0741. The summed E-state index contributed by atoms with van der Waals surface area (Å²) in [5, 5.41) is 24.2. The summed E-state index contributed by atoms with van der Waals surface area (Å²) in [5.41, 5.74) is 3.75. The molecule has 5 aromatic carbocycles. The van der Waals surface area contributed by atoms with E-state index in [1.165, 1.54) is 17.7 Å². The number of ether oxygens (including phenoxy) is 3. The van der Waals surface area contributed by atoms with E-state index in [2.05, 4.69) is 74.9 Å². The number of likely N-dealkylation sites (N-methyl/N-ethyl adjacent to an activating group) is 1. The second-order valence-electron chi connectivity index (χ2n) is 15.7. The van der Waals surface area contributed by atoms with Crippen LogP contribution in [-0.4, -0.2) is 54.4 Å². The molecule has 4 aliphatic rings. The molecule has 2 spiro atoms. The predicted molar refractivity (Wildman–Crippen MR) is 230 cm³/mol. The Balaban J connectivity index is 0.000000176. The summed E-state index contributed by atoms with van der Waals surface area (Å²) >= 11 is 6.28. The van der Waals surface area contributed by atoms with Crippen molar-refractivity contribution in [2.24, 2.45) is 4.99 Å². The lowest BCUT2D eigenvalue weighted by Gasteiger charge is -2.47. The summed E-state index contributed by atoms with van der Waals surface area (Å²) in [4.78, 5) is 30.5. The van der Waals surface area contributed by atoms with Crippen LogP contribution >= 0.6 is 11.6 Å². The number of fused-ring (bicyclic) bond motifs is 6. The van der Waals surface area contributed by atoms with Crippen molar-refractivity contribution in [3.8, 4) is 11.5 Å². The highest BCUT2D eigenvalue weighted by Gasteiger charge is 2.60. The third-order valence-electron chi connectivity index (χ3n) is 12.1. The van der Waals surface area contributed by atoms with E-state index in [1.54, 1.807) is 0 Å². The van der Waals surface area contributed by atoms with Crippen LogP contribution < -0.4 is 19.3 Å². The van der Waals surface area contributed by atoms with Gasteiger partial charge in [-0.2, -0.15) is 0 Å². The van der Waals surface area contributed by atoms with Crippen LogP contribution in [0.25, 0.3) is 16.8 Å². The van der Waals surface area contributed by atoms with Crippen LogP contribution in [0.1, 0.15) is 63.8 Å². The number of benzene rings is 5. The van der Waals surface area contributed by atoms with Gasteiger partial charge in [0, 0.05) is 58.6 Å². The number of aliphatic imine (C=N–C) groups is 1. The monoisotopic (exact) mass is 802 g/mol. The molecule has 4 aliphatic heterocycles. The standard InChI is InChI=1S/C23H24N2O6.C22H19ClN2O.CH4/c1-22(2)19-6-3-4-7-20(19)24(10-5-11-30-15-27)23(22)9-8-16-12-18(25(28)29)13-17(14-26)21(16)31-23;1-21(2)17-12-15(23)9-10-18(17)25(3)22(21)13-24-20-16-7-5-4-6-14(16)8-11-19(20)26-22;/h3-4,6-9,12-13,15,26H,5,10-11,14H2,1-2H3;4-13H,1-3H3;1H4. The van der Waals surface area contributed by atoms with Crippen molar-refractivity contribution in [1.29, 1.82) is 0 Å². The van der Waals surface area contributed by atoms with Crippen LogP contribution in [0.3, 0.4) is 0 Å². The van der Waals surface area contributed by atoms with Crippen molar-refractivity contribution < 1.29 is 29.0 Å². The number of nitrogens with zero attached hydrogens (tertiary/aromatic N) is 4. The van der Waals surface area contributed by atoms with Gasteiger partial charge in [-0.15, -0.1) is 0 Å². The minimum Gasteiger partial charge on any atom is -0.468 e. The zero-order chi connectivity index (χ0) is 40.3. The molecular weight excluding hydrogens is 756 g/mol. The zero-order valence-corrected chi connectivity index (χ0v) is 33.1. The lowest BCUT2D eigenvalue weighted by molar-refractivity contribution is -0.385. The number of halogens is 1. The molecule has 2 atom stereocenters.